The molecule has 0 spiro atoms. The molecule has 0 aliphatic carbocycles. The van der Waals surface area contributed by atoms with Crippen molar-refractivity contribution in [3.8, 4) is 0 Å². The molecule has 2 N–H and O–H groups in total. The molecule has 5 heteroatoms. The Morgan fingerprint density at radius 2 is 1.67 bits per heavy atom. The van der Waals surface area contributed by atoms with Gasteiger partial charge in [0.2, 0.25) is 5.91 Å². The maximum absolute atomic E-state index is 11.5. The van der Waals surface area contributed by atoms with Crippen LogP contribution in [0.3, 0.4) is 0 Å². The average molecular weight is 216 g/mol. The van der Waals surface area contributed by atoms with Gasteiger partial charge in [0.05, 0.1) is 6.04 Å². The number of aliphatic carboxylic acids is 1. The molecule has 0 radical (unpaired) electrons. The number of carbonyl (C=O) groups excluding carboxylic acids is 1. The van der Waals surface area contributed by atoms with Crippen LogP contribution in [0, 0.1) is 5.92 Å². The number of carboxylic acids is 1. The Labute approximate surface area is 90.5 Å². The molecule has 88 valence electrons. The second-order valence-electron chi connectivity index (χ2n) is 4.18. The maximum Gasteiger partial charge on any atom is 0.320 e. The first kappa shape index (κ1) is 13.9. The van der Waals surface area contributed by atoms with E-state index in [1.54, 1.807) is 34.9 Å². The third-order valence-electron chi connectivity index (χ3n) is 2.17. The van der Waals surface area contributed by atoms with E-state index in [0.717, 1.165) is 0 Å². The SMILES string of the molecule is CC(NC(C(=O)O)C(C)C)C(=O)N(C)C. The molecule has 2 atom stereocenters. The van der Waals surface area contributed by atoms with E-state index >= 15 is 0 Å². The first-order valence-electron chi connectivity index (χ1n) is 4.97. The molecule has 0 aliphatic heterocycles. The van der Waals surface area contributed by atoms with Crippen molar-refractivity contribution in [1.29, 1.82) is 0 Å². The van der Waals surface area contributed by atoms with E-state index in [1.807, 2.05) is 0 Å². The van der Waals surface area contributed by atoms with E-state index in [9.17, 15) is 9.59 Å². The van der Waals surface area contributed by atoms with Crippen molar-refractivity contribution < 1.29 is 14.7 Å². The zero-order valence-electron chi connectivity index (χ0n) is 9.94. The average Bonchev–Trinajstić information content (AvgIpc) is 2.11. The van der Waals surface area contributed by atoms with Gasteiger partial charge in [-0.1, -0.05) is 13.8 Å². The molecule has 1 amide bonds. The van der Waals surface area contributed by atoms with Crippen LogP contribution in [0.1, 0.15) is 20.8 Å². The van der Waals surface area contributed by atoms with E-state index in [4.69, 9.17) is 5.11 Å². The second-order valence-corrected chi connectivity index (χ2v) is 4.18. The molecule has 0 aromatic carbocycles. The Morgan fingerprint density at radius 1 is 1.20 bits per heavy atom. The van der Waals surface area contributed by atoms with Crippen LogP contribution in [-0.4, -0.2) is 48.1 Å². The summed E-state index contributed by atoms with van der Waals surface area (Å²) in [6, 6.07) is -1.17. The summed E-state index contributed by atoms with van der Waals surface area (Å²) in [5.41, 5.74) is 0. The van der Waals surface area contributed by atoms with Gasteiger partial charge in [-0.2, -0.15) is 0 Å². The first-order chi connectivity index (χ1) is 6.77. The van der Waals surface area contributed by atoms with E-state index in [2.05, 4.69) is 5.32 Å². The molecule has 2 unspecified atom stereocenters. The summed E-state index contributed by atoms with van der Waals surface area (Å²) in [4.78, 5) is 23.8. The van der Waals surface area contributed by atoms with Gasteiger partial charge < -0.3 is 10.0 Å². The molecule has 0 fully saturated rings. The van der Waals surface area contributed by atoms with Gasteiger partial charge in [-0.25, -0.2) is 0 Å². The van der Waals surface area contributed by atoms with Gasteiger partial charge in [-0.3, -0.25) is 14.9 Å². The predicted octanol–water partition coefficient (Wildman–Crippen LogP) is 0.162. The van der Waals surface area contributed by atoms with Crippen LogP contribution in [0.25, 0.3) is 0 Å². The van der Waals surface area contributed by atoms with Crippen molar-refractivity contribution in [2.24, 2.45) is 5.92 Å². The minimum Gasteiger partial charge on any atom is -0.480 e. The zero-order valence-corrected chi connectivity index (χ0v) is 9.94. The van der Waals surface area contributed by atoms with Crippen molar-refractivity contribution in [2.45, 2.75) is 32.9 Å². The number of hydrogen-bond acceptors (Lipinski definition) is 3. The Balaban J connectivity index is 4.42. The highest BCUT2D eigenvalue weighted by molar-refractivity contribution is 5.82. The minimum absolute atomic E-state index is 0.0556. The summed E-state index contributed by atoms with van der Waals surface area (Å²) in [5, 5.41) is 11.7. The van der Waals surface area contributed by atoms with Crippen LogP contribution in [0.5, 0.6) is 0 Å². The van der Waals surface area contributed by atoms with Crippen molar-refractivity contribution in [3.05, 3.63) is 0 Å². The molecule has 0 rings (SSSR count). The van der Waals surface area contributed by atoms with Crippen LogP contribution in [-0.2, 0) is 9.59 Å². The Kier molecular flexibility index (Phi) is 5.28. The molecular weight excluding hydrogens is 196 g/mol. The molecule has 15 heavy (non-hydrogen) atoms. The minimum atomic E-state index is -0.927. The van der Waals surface area contributed by atoms with Gasteiger partial charge in [0, 0.05) is 14.1 Å². The fraction of sp³-hybridized carbons (Fsp3) is 0.800. The summed E-state index contributed by atoms with van der Waals surface area (Å²) in [6.45, 7) is 5.28. The van der Waals surface area contributed by atoms with Gasteiger partial charge >= 0.3 is 5.97 Å². The molecule has 0 aromatic heterocycles. The van der Waals surface area contributed by atoms with Crippen LogP contribution >= 0.6 is 0 Å². The Bertz CT molecular complexity index is 239. The summed E-state index contributed by atoms with van der Waals surface area (Å²) >= 11 is 0. The van der Waals surface area contributed by atoms with Gasteiger partial charge in [0.1, 0.15) is 6.04 Å². The Morgan fingerprint density at radius 3 is 1.93 bits per heavy atom. The summed E-state index contributed by atoms with van der Waals surface area (Å²) in [6.07, 6.45) is 0. The molecule has 0 aliphatic rings. The first-order valence-corrected chi connectivity index (χ1v) is 4.97. The van der Waals surface area contributed by atoms with Crippen LogP contribution in [0.2, 0.25) is 0 Å². The van der Waals surface area contributed by atoms with E-state index in [1.165, 1.54) is 4.90 Å². The number of rotatable bonds is 5. The topological polar surface area (TPSA) is 69.6 Å². The molecule has 0 bridgehead atoms. The fourth-order valence-electron chi connectivity index (χ4n) is 1.28. The summed E-state index contributed by atoms with van der Waals surface area (Å²) in [7, 11) is 3.29. The normalized spacial score (nSPS) is 14.8. The number of hydrogen-bond donors (Lipinski definition) is 2. The van der Waals surface area contributed by atoms with Crippen molar-refractivity contribution in [2.75, 3.05) is 14.1 Å². The lowest BCUT2D eigenvalue weighted by atomic mass is 10.0. The fourth-order valence-corrected chi connectivity index (χ4v) is 1.28. The monoisotopic (exact) mass is 216 g/mol. The molecular formula is C10H20N2O3. The van der Waals surface area contributed by atoms with E-state index in [0.29, 0.717) is 0 Å². The quantitative estimate of drug-likeness (QED) is 0.687. The second kappa shape index (κ2) is 5.70. The van der Waals surface area contributed by atoms with Crippen LogP contribution in [0.4, 0.5) is 0 Å². The van der Waals surface area contributed by atoms with Gasteiger partial charge in [-0.15, -0.1) is 0 Å². The van der Waals surface area contributed by atoms with E-state index in [-0.39, 0.29) is 11.8 Å². The van der Waals surface area contributed by atoms with Crippen molar-refractivity contribution in [3.63, 3.8) is 0 Å². The van der Waals surface area contributed by atoms with Crippen molar-refractivity contribution >= 4 is 11.9 Å². The number of carboxylic acid groups (broad SMARTS) is 1. The molecule has 5 nitrogen and oxygen atoms in total. The summed E-state index contributed by atoms with van der Waals surface area (Å²) < 4.78 is 0. The smallest absolute Gasteiger partial charge is 0.320 e. The van der Waals surface area contributed by atoms with Gasteiger partial charge in [0.15, 0.2) is 0 Å². The van der Waals surface area contributed by atoms with E-state index < -0.39 is 18.1 Å². The zero-order chi connectivity index (χ0) is 12.2. The predicted molar refractivity (Wildman–Crippen MR) is 57.6 cm³/mol. The van der Waals surface area contributed by atoms with Crippen LogP contribution in [0.15, 0.2) is 0 Å². The number of likely N-dealkylation sites (N-methyl/N-ethyl adjacent to an activating group) is 1. The van der Waals surface area contributed by atoms with Crippen LogP contribution < -0.4 is 5.32 Å². The number of nitrogens with zero attached hydrogens (tertiary/aromatic N) is 1. The molecule has 0 heterocycles. The lowest BCUT2D eigenvalue weighted by Gasteiger charge is -2.24. The molecule has 0 aromatic rings. The summed E-state index contributed by atoms with van der Waals surface area (Å²) in [5.74, 6) is -1.11. The van der Waals surface area contributed by atoms with Crippen molar-refractivity contribution in [1.82, 2.24) is 10.2 Å². The highest BCUT2D eigenvalue weighted by atomic mass is 16.4. The molecule has 0 saturated heterocycles. The highest BCUT2D eigenvalue weighted by Gasteiger charge is 2.26. The van der Waals surface area contributed by atoms with Gasteiger partial charge in [-0.05, 0) is 12.8 Å². The Hall–Kier alpha value is -1.10. The lowest BCUT2D eigenvalue weighted by molar-refractivity contribution is -0.141. The number of carbonyl (C=O) groups is 2. The largest absolute Gasteiger partial charge is 0.480 e. The number of nitrogens with one attached hydrogen (secondary N) is 1. The third-order valence-corrected chi connectivity index (χ3v) is 2.17. The molecule has 0 saturated carbocycles. The standard InChI is InChI=1S/C10H20N2O3/c1-6(2)8(10(14)15)11-7(3)9(13)12(4)5/h6-8,11H,1-5H3,(H,14,15). The third kappa shape index (κ3) is 4.29. The highest BCUT2D eigenvalue weighted by Crippen LogP contribution is 2.03. The van der Waals surface area contributed by atoms with Gasteiger partial charge in [0.25, 0.3) is 0 Å². The number of amides is 1. The lowest BCUT2D eigenvalue weighted by Crippen LogP contribution is -2.51. The maximum atomic E-state index is 11.5.